The summed E-state index contributed by atoms with van der Waals surface area (Å²) >= 11 is 0. The molecular weight excluding hydrogens is 208 g/mol. The second-order valence-corrected chi connectivity index (χ2v) is 4.79. The summed E-state index contributed by atoms with van der Waals surface area (Å²) in [5.41, 5.74) is 0.628. The third-order valence-electron chi connectivity index (χ3n) is 3.79. The molecule has 1 aromatic rings. The van der Waals surface area contributed by atoms with E-state index in [-0.39, 0.29) is 17.0 Å². The fourth-order valence-electron chi connectivity index (χ4n) is 2.29. The van der Waals surface area contributed by atoms with Crippen LogP contribution in [0.1, 0.15) is 25.3 Å². The average molecular weight is 225 g/mol. The standard InChI is InChI=1S/C13H17F2N/c1-9(16-2)13(5-6-13)8-10-7-11(14)3-4-12(10)15/h3-4,7,9,16H,5-6,8H2,1-2H3. The molecule has 2 rings (SSSR count). The molecule has 1 N–H and O–H groups in total. The molecule has 1 aliphatic carbocycles. The minimum Gasteiger partial charge on any atom is -0.317 e. The van der Waals surface area contributed by atoms with Crippen LogP contribution in [0.25, 0.3) is 0 Å². The molecule has 0 aromatic heterocycles. The lowest BCUT2D eigenvalue weighted by molar-refractivity contribution is 0.364. The van der Waals surface area contributed by atoms with Crippen molar-refractivity contribution in [2.45, 2.75) is 32.2 Å². The maximum absolute atomic E-state index is 13.5. The molecule has 1 saturated carbocycles. The SMILES string of the molecule is CNC(C)C1(Cc2cc(F)ccc2F)CC1. The zero-order chi connectivity index (χ0) is 11.8. The molecule has 1 atom stereocenters. The molecule has 0 amide bonds. The van der Waals surface area contributed by atoms with Gasteiger partial charge < -0.3 is 5.32 Å². The third kappa shape index (κ3) is 2.09. The Kier molecular flexibility index (Phi) is 2.98. The lowest BCUT2D eigenvalue weighted by atomic mass is 9.89. The van der Waals surface area contributed by atoms with E-state index in [0.717, 1.165) is 12.8 Å². The van der Waals surface area contributed by atoms with E-state index in [1.807, 2.05) is 7.05 Å². The van der Waals surface area contributed by atoms with E-state index in [9.17, 15) is 8.78 Å². The first-order valence-electron chi connectivity index (χ1n) is 5.68. The van der Waals surface area contributed by atoms with Gasteiger partial charge in [-0.05, 0) is 62.4 Å². The van der Waals surface area contributed by atoms with Gasteiger partial charge in [-0.2, -0.15) is 0 Å². The highest BCUT2D eigenvalue weighted by Gasteiger charge is 2.46. The summed E-state index contributed by atoms with van der Waals surface area (Å²) < 4.78 is 26.6. The highest BCUT2D eigenvalue weighted by molar-refractivity contribution is 5.22. The summed E-state index contributed by atoms with van der Waals surface area (Å²) in [5, 5.41) is 3.21. The van der Waals surface area contributed by atoms with E-state index in [0.29, 0.717) is 18.0 Å². The summed E-state index contributed by atoms with van der Waals surface area (Å²) in [6, 6.07) is 4.04. The summed E-state index contributed by atoms with van der Waals surface area (Å²) in [4.78, 5) is 0. The van der Waals surface area contributed by atoms with Gasteiger partial charge in [0.2, 0.25) is 0 Å². The topological polar surface area (TPSA) is 12.0 Å². The Hall–Kier alpha value is -0.960. The largest absolute Gasteiger partial charge is 0.317 e. The zero-order valence-electron chi connectivity index (χ0n) is 9.69. The molecule has 3 heteroatoms. The number of hydrogen-bond acceptors (Lipinski definition) is 1. The zero-order valence-corrected chi connectivity index (χ0v) is 9.69. The second-order valence-electron chi connectivity index (χ2n) is 4.79. The van der Waals surface area contributed by atoms with Gasteiger partial charge in [-0.25, -0.2) is 8.78 Å². The Balaban J connectivity index is 2.18. The fourth-order valence-corrected chi connectivity index (χ4v) is 2.29. The van der Waals surface area contributed by atoms with Gasteiger partial charge >= 0.3 is 0 Å². The molecule has 0 aliphatic heterocycles. The van der Waals surface area contributed by atoms with Gasteiger partial charge in [0.05, 0.1) is 0 Å². The molecule has 1 aromatic carbocycles. The van der Waals surface area contributed by atoms with E-state index in [4.69, 9.17) is 0 Å². The number of halogens is 2. The van der Waals surface area contributed by atoms with Gasteiger partial charge in [0.15, 0.2) is 0 Å². The predicted molar refractivity (Wildman–Crippen MR) is 60.3 cm³/mol. The van der Waals surface area contributed by atoms with E-state index in [1.54, 1.807) is 0 Å². The smallest absolute Gasteiger partial charge is 0.126 e. The van der Waals surface area contributed by atoms with Crippen LogP contribution >= 0.6 is 0 Å². The lowest BCUT2D eigenvalue weighted by Gasteiger charge is -2.23. The van der Waals surface area contributed by atoms with Crippen LogP contribution in [-0.4, -0.2) is 13.1 Å². The molecule has 0 saturated heterocycles. The first-order valence-corrected chi connectivity index (χ1v) is 5.68. The van der Waals surface area contributed by atoms with Crippen molar-refractivity contribution >= 4 is 0 Å². The van der Waals surface area contributed by atoms with Crippen molar-refractivity contribution in [3.8, 4) is 0 Å². The summed E-state index contributed by atoms with van der Waals surface area (Å²) in [6.45, 7) is 2.10. The third-order valence-corrected chi connectivity index (χ3v) is 3.79. The highest BCUT2D eigenvalue weighted by atomic mass is 19.1. The Morgan fingerprint density at radius 2 is 2.06 bits per heavy atom. The monoisotopic (exact) mass is 225 g/mol. The molecule has 88 valence electrons. The van der Waals surface area contributed by atoms with Crippen LogP contribution in [0, 0.1) is 17.0 Å². The average Bonchev–Trinajstić information content (AvgIpc) is 3.03. The fraction of sp³-hybridized carbons (Fsp3) is 0.538. The molecule has 1 nitrogen and oxygen atoms in total. The Bertz CT molecular complexity index is 386. The summed E-state index contributed by atoms with van der Waals surface area (Å²) in [5.74, 6) is -0.653. The highest BCUT2D eigenvalue weighted by Crippen LogP contribution is 2.51. The normalized spacial score (nSPS) is 19.5. The molecule has 1 fully saturated rings. The van der Waals surface area contributed by atoms with Gasteiger partial charge in [-0.3, -0.25) is 0 Å². The van der Waals surface area contributed by atoms with Crippen molar-refractivity contribution in [1.82, 2.24) is 5.32 Å². The Labute approximate surface area is 94.9 Å². The first kappa shape index (κ1) is 11.5. The quantitative estimate of drug-likeness (QED) is 0.830. The second kappa shape index (κ2) is 4.13. The predicted octanol–water partition coefficient (Wildman–Crippen LogP) is 2.90. The van der Waals surface area contributed by atoms with Crippen molar-refractivity contribution in [3.63, 3.8) is 0 Å². The van der Waals surface area contributed by atoms with Gasteiger partial charge in [0.25, 0.3) is 0 Å². The van der Waals surface area contributed by atoms with Crippen LogP contribution < -0.4 is 5.32 Å². The van der Waals surface area contributed by atoms with Crippen LogP contribution in [-0.2, 0) is 6.42 Å². The number of hydrogen-bond donors (Lipinski definition) is 1. The molecular formula is C13H17F2N. The molecule has 1 aliphatic rings. The van der Waals surface area contributed by atoms with Crippen molar-refractivity contribution in [3.05, 3.63) is 35.4 Å². The van der Waals surface area contributed by atoms with E-state index >= 15 is 0 Å². The van der Waals surface area contributed by atoms with Crippen molar-refractivity contribution in [2.75, 3.05) is 7.05 Å². The Morgan fingerprint density at radius 3 is 2.62 bits per heavy atom. The van der Waals surface area contributed by atoms with Crippen LogP contribution in [0.3, 0.4) is 0 Å². The molecule has 0 radical (unpaired) electrons. The van der Waals surface area contributed by atoms with E-state index < -0.39 is 0 Å². The van der Waals surface area contributed by atoms with E-state index in [2.05, 4.69) is 12.2 Å². The number of rotatable bonds is 4. The van der Waals surface area contributed by atoms with Crippen molar-refractivity contribution in [1.29, 1.82) is 0 Å². The molecule has 1 unspecified atom stereocenters. The lowest BCUT2D eigenvalue weighted by Crippen LogP contribution is -2.33. The van der Waals surface area contributed by atoms with Crippen LogP contribution in [0.4, 0.5) is 8.78 Å². The minimum atomic E-state index is -0.357. The summed E-state index contributed by atoms with van der Waals surface area (Å²) in [6.07, 6.45) is 2.80. The minimum absolute atomic E-state index is 0.128. The number of nitrogens with one attached hydrogen (secondary N) is 1. The first-order chi connectivity index (χ1) is 7.57. The molecule has 16 heavy (non-hydrogen) atoms. The van der Waals surface area contributed by atoms with Gasteiger partial charge in [0, 0.05) is 6.04 Å². The Morgan fingerprint density at radius 1 is 1.38 bits per heavy atom. The van der Waals surface area contributed by atoms with Crippen LogP contribution in [0.15, 0.2) is 18.2 Å². The van der Waals surface area contributed by atoms with Crippen LogP contribution in [0.5, 0.6) is 0 Å². The maximum Gasteiger partial charge on any atom is 0.126 e. The van der Waals surface area contributed by atoms with Gasteiger partial charge in [0.1, 0.15) is 11.6 Å². The summed E-state index contributed by atoms with van der Waals surface area (Å²) in [7, 11) is 1.91. The molecule has 0 spiro atoms. The van der Waals surface area contributed by atoms with Gasteiger partial charge in [-0.1, -0.05) is 0 Å². The van der Waals surface area contributed by atoms with Gasteiger partial charge in [-0.15, -0.1) is 0 Å². The van der Waals surface area contributed by atoms with Crippen LogP contribution in [0.2, 0.25) is 0 Å². The van der Waals surface area contributed by atoms with E-state index in [1.165, 1.54) is 18.2 Å². The van der Waals surface area contributed by atoms with Crippen molar-refractivity contribution < 1.29 is 8.78 Å². The van der Waals surface area contributed by atoms with Crippen molar-refractivity contribution in [2.24, 2.45) is 5.41 Å². The molecule has 0 bridgehead atoms. The number of benzene rings is 1. The molecule has 0 heterocycles. The maximum atomic E-state index is 13.5.